The number of benzene rings is 1. The number of rotatable bonds is 4. The van der Waals surface area contributed by atoms with Crippen molar-refractivity contribution in [3.05, 3.63) is 65.2 Å². The fourth-order valence-corrected chi connectivity index (χ4v) is 2.17. The normalized spacial score (nSPS) is 14.1. The smallest absolute Gasteiger partial charge is 0.123 e. The molecule has 2 unspecified atom stereocenters. The summed E-state index contributed by atoms with van der Waals surface area (Å²) in [7, 11) is 0. The Labute approximate surface area is 111 Å². The maximum absolute atomic E-state index is 13.4. The lowest BCUT2D eigenvalue weighted by Gasteiger charge is -2.21. The van der Waals surface area contributed by atoms with Crippen LogP contribution in [-0.4, -0.2) is 16.6 Å². The summed E-state index contributed by atoms with van der Waals surface area (Å²) in [4.78, 5) is 4.21. The largest absolute Gasteiger partial charge is 0.388 e. The predicted molar refractivity (Wildman–Crippen MR) is 72.1 cm³/mol. The molecule has 3 nitrogen and oxygen atoms in total. The highest BCUT2D eigenvalue weighted by atomic mass is 19.1. The van der Waals surface area contributed by atoms with E-state index in [9.17, 15) is 9.50 Å². The second-order valence-electron chi connectivity index (χ2n) is 4.60. The van der Waals surface area contributed by atoms with Crippen LogP contribution in [-0.2, 0) is 0 Å². The minimum atomic E-state index is -0.866. The molecular formula is C15H17FN2O. The number of aryl methyl sites for hydroxylation is 1. The van der Waals surface area contributed by atoms with Crippen molar-refractivity contribution in [2.75, 3.05) is 6.54 Å². The molecule has 0 radical (unpaired) electrons. The quantitative estimate of drug-likeness (QED) is 0.886. The Morgan fingerprint density at radius 1 is 1.32 bits per heavy atom. The summed E-state index contributed by atoms with van der Waals surface area (Å²) in [5.74, 6) is -0.701. The van der Waals surface area contributed by atoms with E-state index in [4.69, 9.17) is 5.73 Å². The van der Waals surface area contributed by atoms with Gasteiger partial charge in [0.15, 0.2) is 0 Å². The number of nitrogens with zero attached hydrogens (tertiary/aromatic N) is 1. The van der Waals surface area contributed by atoms with Crippen molar-refractivity contribution in [1.29, 1.82) is 0 Å². The van der Waals surface area contributed by atoms with E-state index in [1.165, 1.54) is 12.1 Å². The van der Waals surface area contributed by atoms with E-state index in [2.05, 4.69) is 4.98 Å². The summed E-state index contributed by atoms with van der Waals surface area (Å²) in [6.45, 7) is 2.03. The van der Waals surface area contributed by atoms with Gasteiger partial charge in [0.05, 0.1) is 6.10 Å². The first kappa shape index (κ1) is 13.6. The first-order chi connectivity index (χ1) is 9.11. The zero-order chi connectivity index (χ0) is 13.8. The van der Waals surface area contributed by atoms with Gasteiger partial charge < -0.3 is 10.8 Å². The van der Waals surface area contributed by atoms with E-state index in [0.29, 0.717) is 11.3 Å². The van der Waals surface area contributed by atoms with Crippen molar-refractivity contribution in [3.8, 4) is 0 Å². The van der Waals surface area contributed by atoms with Crippen LogP contribution < -0.4 is 5.73 Å². The van der Waals surface area contributed by atoms with E-state index in [1.807, 2.05) is 12.1 Å². The average molecular weight is 260 g/mol. The minimum absolute atomic E-state index is 0.244. The summed E-state index contributed by atoms with van der Waals surface area (Å²) in [6.07, 6.45) is 0.788. The van der Waals surface area contributed by atoms with Crippen LogP contribution >= 0.6 is 0 Å². The molecule has 0 aliphatic carbocycles. The fraction of sp³-hybridized carbons (Fsp3) is 0.267. The lowest BCUT2D eigenvalue weighted by Crippen LogP contribution is -2.21. The van der Waals surface area contributed by atoms with Gasteiger partial charge in [-0.3, -0.25) is 4.98 Å². The van der Waals surface area contributed by atoms with Crippen LogP contribution in [0.25, 0.3) is 0 Å². The number of nitrogens with two attached hydrogens (primary N) is 1. The van der Waals surface area contributed by atoms with Crippen LogP contribution in [0.5, 0.6) is 0 Å². The molecule has 0 aliphatic heterocycles. The van der Waals surface area contributed by atoms with Gasteiger partial charge in [0, 0.05) is 24.4 Å². The Morgan fingerprint density at radius 3 is 2.68 bits per heavy atom. The topological polar surface area (TPSA) is 59.1 Å². The van der Waals surface area contributed by atoms with Crippen LogP contribution in [0.4, 0.5) is 4.39 Å². The number of pyridine rings is 1. The Hall–Kier alpha value is -1.78. The molecular weight excluding hydrogens is 243 g/mol. The fourth-order valence-electron chi connectivity index (χ4n) is 2.17. The molecule has 0 saturated heterocycles. The third-order valence-corrected chi connectivity index (χ3v) is 3.11. The summed E-state index contributed by atoms with van der Waals surface area (Å²) in [5, 5.41) is 10.4. The van der Waals surface area contributed by atoms with Gasteiger partial charge >= 0.3 is 0 Å². The van der Waals surface area contributed by atoms with Gasteiger partial charge in [-0.2, -0.15) is 0 Å². The molecule has 0 saturated carbocycles. The van der Waals surface area contributed by atoms with Crippen molar-refractivity contribution >= 4 is 0 Å². The lowest BCUT2D eigenvalue weighted by molar-refractivity contribution is 0.145. The summed E-state index contributed by atoms with van der Waals surface area (Å²) >= 11 is 0. The maximum atomic E-state index is 13.4. The Kier molecular flexibility index (Phi) is 4.24. The predicted octanol–water partition coefficient (Wildman–Crippen LogP) is 2.31. The lowest BCUT2D eigenvalue weighted by atomic mass is 9.91. The van der Waals surface area contributed by atoms with Crippen LogP contribution in [0.3, 0.4) is 0 Å². The molecule has 0 aliphatic rings. The highest BCUT2D eigenvalue weighted by molar-refractivity contribution is 5.28. The summed E-state index contributed by atoms with van der Waals surface area (Å²) in [6, 6.07) is 9.98. The van der Waals surface area contributed by atoms with Gasteiger partial charge in [0.1, 0.15) is 5.82 Å². The second-order valence-corrected chi connectivity index (χ2v) is 4.60. The first-order valence-electron chi connectivity index (χ1n) is 6.18. The van der Waals surface area contributed by atoms with Crippen molar-refractivity contribution in [2.45, 2.75) is 18.9 Å². The Morgan fingerprint density at radius 2 is 2.11 bits per heavy atom. The molecule has 1 heterocycles. The number of hydrogen-bond donors (Lipinski definition) is 2. The number of hydrogen-bond acceptors (Lipinski definition) is 3. The van der Waals surface area contributed by atoms with Crippen LogP contribution in [0.15, 0.2) is 42.6 Å². The van der Waals surface area contributed by atoms with Gasteiger partial charge in [-0.1, -0.05) is 12.1 Å². The van der Waals surface area contributed by atoms with Gasteiger partial charge in [-0.05, 0) is 42.3 Å². The van der Waals surface area contributed by atoms with Gasteiger partial charge in [0.25, 0.3) is 0 Å². The maximum Gasteiger partial charge on any atom is 0.123 e. The van der Waals surface area contributed by atoms with E-state index in [0.717, 1.165) is 5.56 Å². The van der Waals surface area contributed by atoms with Crippen LogP contribution in [0.1, 0.15) is 28.8 Å². The van der Waals surface area contributed by atoms with Crippen molar-refractivity contribution in [1.82, 2.24) is 4.98 Å². The standard InChI is InChI=1S/C15H17FN2O/c1-10-6-11(8-12(16)7-10)15(19)13(9-17)14-4-2-3-5-18-14/h2-8,13,15,19H,9,17H2,1H3. The molecule has 100 valence electrons. The average Bonchev–Trinajstić information content (AvgIpc) is 2.39. The van der Waals surface area contributed by atoms with Gasteiger partial charge in [-0.15, -0.1) is 0 Å². The van der Waals surface area contributed by atoms with E-state index >= 15 is 0 Å². The minimum Gasteiger partial charge on any atom is -0.388 e. The number of halogens is 1. The molecule has 3 N–H and O–H groups in total. The molecule has 4 heteroatoms. The molecule has 0 spiro atoms. The SMILES string of the molecule is Cc1cc(F)cc(C(O)C(CN)c2ccccn2)c1. The highest BCUT2D eigenvalue weighted by Crippen LogP contribution is 2.29. The second kappa shape index (κ2) is 5.91. The molecule has 0 amide bonds. The van der Waals surface area contributed by atoms with Crippen LogP contribution in [0.2, 0.25) is 0 Å². The van der Waals surface area contributed by atoms with E-state index in [-0.39, 0.29) is 18.3 Å². The molecule has 0 bridgehead atoms. The van der Waals surface area contributed by atoms with Crippen molar-refractivity contribution < 1.29 is 9.50 Å². The summed E-state index contributed by atoms with van der Waals surface area (Å²) < 4.78 is 13.4. The number of aliphatic hydroxyl groups excluding tert-OH is 1. The molecule has 2 rings (SSSR count). The monoisotopic (exact) mass is 260 g/mol. The molecule has 0 fully saturated rings. The zero-order valence-corrected chi connectivity index (χ0v) is 10.8. The molecule has 19 heavy (non-hydrogen) atoms. The third kappa shape index (κ3) is 3.16. The first-order valence-corrected chi connectivity index (χ1v) is 6.18. The van der Waals surface area contributed by atoms with Crippen molar-refractivity contribution in [2.24, 2.45) is 5.73 Å². The van der Waals surface area contributed by atoms with Gasteiger partial charge in [0.2, 0.25) is 0 Å². The molecule has 2 aromatic rings. The number of aromatic nitrogens is 1. The third-order valence-electron chi connectivity index (χ3n) is 3.11. The van der Waals surface area contributed by atoms with Crippen LogP contribution in [0, 0.1) is 12.7 Å². The van der Waals surface area contributed by atoms with E-state index < -0.39 is 6.10 Å². The highest BCUT2D eigenvalue weighted by Gasteiger charge is 2.23. The zero-order valence-electron chi connectivity index (χ0n) is 10.8. The van der Waals surface area contributed by atoms with E-state index in [1.54, 1.807) is 25.3 Å². The Balaban J connectivity index is 2.33. The van der Waals surface area contributed by atoms with Crippen molar-refractivity contribution in [3.63, 3.8) is 0 Å². The number of aliphatic hydroxyl groups is 1. The van der Waals surface area contributed by atoms with Gasteiger partial charge in [-0.25, -0.2) is 4.39 Å². The Bertz CT molecular complexity index is 525. The molecule has 1 aromatic heterocycles. The molecule has 1 aromatic carbocycles. The summed E-state index contributed by atoms with van der Waals surface area (Å²) in [5.41, 5.74) is 7.73. The molecule has 2 atom stereocenters.